The molecule has 6 N–H and O–H groups in total. The van der Waals surface area contributed by atoms with Crippen LogP contribution in [-0.2, 0) is 22.6 Å². The highest BCUT2D eigenvalue weighted by molar-refractivity contribution is 6.38. The first kappa shape index (κ1) is 29.7. The number of carbonyl (C=O) groups excluding carboxylic acids is 1. The Morgan fingerprint density at radius 2 is 1.80 bits per heavy atom. The van der Waals surface area contributed by atoms with Crippen molar-refractivity contribution in [1.82, 2.24) is 0 Å². The van der Waals surface area contributed by atoms with Gasteiger partial charge in [0.25, 0.3) is 0 Å². The summed E-state index contributed by atoms with van der Waals surface area (Å²) in [5.41, 5.74) is 8.09. The fourth-order valence-corrected chi connectivity index (χ4v) is 4.12. The molecule has 12 heteroatoms. The second-order valence-electron chi connectivity index (χ2n) is 7.92. The van der Waals surface area contributed by atoms with E-state index in [0.29, 0.717) is 12.1 Å². The summed E-state index contributed by atoms with van der Waals surface area (Å²) in [6, 6.07) is 8.96. The summed E-state index contributed by atoms with van der Waals surface area (Å²) >= 11 is 12.8. The van der Waals surface area contributed by atoms with Gasteiger partial charge in [0.05, 0.1) is 16.7 Å². The van der Waals surface area contributed by atoms with Crippen LogP contribution in [0.15, 0.2) is 30.3 Å². The third kappa shape index (κ3) is 6.84. The van der Waals surface area contributed by atoms with E-state index in [1.807, 2.05) is 24.3 Å². The van der Waals surface area contributed by atoms with Crippen LogP contribution in [0.2, 0.25) is 10.0 Å². The summed E-state index contributed by atoms with van der Waals surface area (Å²) in [6.45, 7) is 1.07. The molecule has 1 aliphatic heterocycles. The van der Waals surface area contributed by atoms with Crippen LogP contribution < -0.4 is 10.5 Å². The topological polar surface area (TPSA) is 152 Å². The first-order chi connectivity index (χ1) is 16.2. The Morgan fingerprint density at radius 1 is 1.11 bits per heavy atom. The molecule has 3 rings (SSSR count). The van der Waals surface area contributed by atoms with Gasteiger partial charge in [-0.1, -0.05) is 47.5 Å². The van der Waals surface area contributed by atoms with Crippen molar-refractivity contribution in [2.45, 2.75) is 50.8 Å². The summed E-state index contributed by atoms with van der Waals surface area (Å²) in [5, 5.41) is 39.3. The van der Waals surface area contributed by atoms with Crippen LogP contribution in [0.4, 0.5) is 0 Å². The standard InChI is InChI=1S/C23H27Cl2NO8.ClH/c1-11-14(16(28)10-33-23-21(31)20(30)19(29)17(8-27)34-23)6-15(24)22(18(11)25)32-9-13-4-2-3-12(5-13)7-26;/h2-6,17,19-21,23,27,29-31H,7-10,26H2,1H3;1H/t17-,19-,20+,21-,23+;/m1./s1. The Balaban J connectivity index is 0.00000432. The van der Waals surface area contributed by atoms with E-state index in [9.17, 15) is 25.2 Å². The minimum absolute atomic E-state index is 0. The molecule has 0 spiro atoms. The largest absolute Gasteiger partial charge is 0.486 e. The molecule has 35 heavy (non-hydrogen) atoms. The molecule has 0 radical (unpaired) electrons. The van der Waals surface area contributed by atoms with Crippen LogP contribution >= 0.6 is 35.6 Å². The maximum Gasteiger partial charge on any atom is 0.188 e. The predicted molar refractivity (Wildman–Crippen MR) is 131 cm³/mol. The molecule has 0 unspecified atom stereocenters. The zero-order chi connectivity index (χ0) is 25.0. The van der Waals surface area contributed by atoms with E-state index in [2.05, 4.69) is 0 Å². The van der Waals surface area contributed by atoms with Crippen molar-refractivity contribution in [1.29, 1.82) is 0 Å². The Kier molecular flexibility index (Phi) is 11.2. The van der Waals surface area contributed by atoms with Crippen molar-refractivity contribution in [3.63, 3.8) is 0 Å². The van der Waals surface area contributed by atoms with Crippen molar-refractivity contribution < 1.29 is 39.4 Å². The summed E-state index contributed by atoms with van der Waals surface area (Å²) in [5.74, 6) is -0.286. The van der Waals surface area contributed by atoms with Crippen LogP contribution in [0.25, 0.3) is 0 Å². The average molecular weight is 553 g/mol. The van der Waals surface area contributed by atoms with E-state index in [0.717, 1.165) is 11.1 Å². The van der Waals surface area contributed by atoms with Gasteiger partial charge in [0.2, 0.25) is 0 Å². The molecule has 5 atom stereocenters. The first-order valence-electron chi connectivity index (χ1n) is 10.5. The molecule has 1 heterocycles. The zero-order valence-corrected chi connectivity index (χ0v) is 21.1. The van der Waals surface area contributed by atoms with Crippen LogP contribution in [-0.4, -0.2) is 70.1 Å². The van der Waals surface area contributed by atoms with E-state index in [1.165, 1.54) is 6.07 Å². The number of ketones is 1. The third-order valence-corrected chi connectivity index (χ3v) is 6.29. The number of ether oxygens (including phenoxy) is 3. The lowest BCUT2D eigenvalue weighted by Crippen LogP contribution is -2.59. The smallest absolute Gasteiger partial charge is 0.188 e. The maximum absolute atomic E-state index is 12.8. The van der Waals surface area contributed by atoms with Gasteiger partial charge in [-0.05, 0) is 29.7 Å². The minimum atomic E-state index is -1.62. The molecule has 2 aromatic rings. The lowest BCUT2D eigenvalue weighted by molar-refractivity contribution is -0.298. The number of hydrogen-bond donors (Lipinski definition) is 5. The SMILES string of the molecule is Cc1c(C(=O)CO[C@H]2O[C@H](CO)[C@@H](O)[C@H](O)[C@H]2O)cc(Cl)c(OCc2cccc(CN)c2)c1Cl.Cl. The number of nitrogens with two attached hydrogens (primary N) is 1. The van der Waals surface area contributed by atoms with Gasteiger partial charge < -0.3 is 40.4 Å². The number of hydrogen-bond acceptors (Lipinski definition) is 9. The summed E-state index contributed by atoms with van der Waals surface area (Å²) in [6.07, 6.45) is -7.34. The van der Waals surface area contributed by atoms with Gasteiger partial charge in [0, 0.05) is 12.1 Å². The molecule has 1 aliphatic rings. The monoisotopic (exact) mass is 551 g/mol. The van der Waals surface area contributed by atoms with Crippen molar-refractivity contribution in [2.75, 3.05) is 13.2 Å². The molecule has 0 aliphatic carbocycles. The first-order valence-corrected chi connectivity index (χ1v) is 11.3. The van der Waals surface area contributed by atoms with Crippen LogP contribution in [0.3, 0.4) is 0 Å². The molecule has 0 bridgehead atoms. The van der Waals surface area contributed by atoms with Crippen molar-refractivity contribution >= 4 is 41.4 Å². The summed E-state index contributed by atoms with van der Waals surface area (Å²) in [4.78, 5) is 12.8. The number of Topliss-reactive ketones (excluding diaryl/α,β-unsaturated/α-hetero) is 1. The molecule has 0 saturated carbocycles. The lowest BCUT2D eigenvalue weighted by Gasteiger charge is -2.39. The second-order valence-corrected chi connectivity index (χ2v) is 8.70. The lowest BCUT2D eigenvalue weighted by atomic mass is 9.99. The third-order valence-electron chi connectivity index (χ3n) is 5.56. The minimum Gasteiger partial charge on any atom is -0.486 e. The maximum atomic E-state index is 12.8. The van der Waals surface area contributed by atoms with Gasteiger partial charge in [-0.3, -0.25) is 4.79 Å². The summed E-state index contributed by atoms with van der Waals surface area (Å²) in [7, 11) is 0. The van der Waals surface area contributed by atoms with Gasteiger partial charge in [0.1, 0.15) is 37.6 Å². The van der Waals surface area contributed by atoms with E-state index >= 15 is 0 Å². The molecule has 194 valence electrons. The van der Waals surface area contributed by atoms with Crippen LogP contribution in [0.1, 0.15) is 27.0 Å². The molecular weight excluding hydrogens is 525 g/mol. The Morgan fingerprint density at radius 3 is 2.46 bits per heavy atom. The van der Waals surface area contributed by atoms with Gasteiger partial charge >= 0.3 is 0 Å². The number of halogens is 3. The predicted octanol–water partition coefficient (Wildman–Crippen LogP) is 1.76. The van der Waals surface area contributed by atoms with Crippen molar-refractivity contribution in [2.24, 2.45) is 5.73 Å². The van der Waals surface area contributed by atoms with Gasteiger partial charge in [-0.25, -0.2) is 0 Å². The molecule has 0 amide bonds. The molecule has 0 aromatic heterocycles. The molecular formula is C23H28Cl3NO8. The van der Waals surface area contributed by atoms with Crippen LogP contribution in [0.5, 0.6) is 5.75 Å². The fourth-order valence-electron chi connectivity index (χ4n) is 3.56. The molecule has 1 fully saturated rings. The quantitative estimate of drug-likeness (QED) is 0.293. The second kappa shape index (κ2) is 13.2. The number of benzene rings is 2. The number of rotatable bonds is 9. The van der Waals surface area contributed by atoms with E-state index in [1.54, 1.807) is 6.92 Å². The highest BCUT2D eigenvalue weighted by Gasteiger charge is 2.44. The highest BCUT2D eigenvalue weighted by atomic mass is 35.5. The summed E-state index contributed by atoms with van der Waals surface area (Å²) < 4.78 is 16.4. The van der Waals surface area contributed by atoms with E-state index in [4.69, 9.17) is 43.1 Å². The molecule has 9 nitrogen and oxygen atoms in total. The van der Waals surface area contributed by atoms with Crippen LogP contribution in [0, 0.1) is 6.92 Å². The Hall–Kier alpha value is -1.50. The Labute approximate surface area is 218 Å². The van der Waals surface area contributed by atoms with E-state index in [-0.39, 0.29) is 40.4 Å². The number of aliphatic hydroxyl groups is 4. The average Bonchev–Trinajstić information content (AvgIpc) is 2.84. The Bertz CT molecular complexity index is 1020. The normalized spacial score (nSPS) is 24.1. The van der Waals surface area contributed by atoms with Gasteiger partial charge in [-0.15, -0.1) is 12.4 Å². The molecule has 2 aromatic carbocycles. The highest BCUT2D eigenvalue weighted by Crippen LogP contribution is 2.38. The van der Waals surface area contributed by atoms with Gasteiger partial charge in [0.15, 0.2) is 17.8 Å². The fraction of sp³-hybridized carbons (Fsp3) is 0.435. The number of aliphatic hydroxyl groups excluding tert-OH is 4. The van der Waals surface area contributed by atoms with E-state index < -0.39 is 49.7 Å². The van der Waals surface area contributed by atoms with Crippen molar-refractivity contribution in [3.8, 4) is 5.75 Å². The molecule has 1 saturated heterocycles. The zero-order valence-electron chi connectivity index (χ0n) is 18.8. The van der Waals surface area contributed by atoms with Gasteiger partial charge in [-0.2, -0.15) is 0 Å². The van der Waals surface area contributed by atoms with Crippen molar-refractivity contribution in [3.05, 3.63) is 62.6 Å². The number of carbonyl (C=O) groups is 1.